The molecule has 2 heterocycles. The van der Waals surface area contributed by atoms with E-state index in [9.17, 15) is 0 Å². The van der Waals surface area contributed by atoms with Crippen LogP contribution in [0.4, 0.5) is 0 Å². The van der Waals surface area contributed by atoms with Gasteiger partial charge in [0.1, 0.15) is 0 Å². The smallest absolute Gasteiger partial charge is 0.0965 e. The normalized spacial score (nSPS) is 23.4. The standard InChI is InChI=1S/C13H23N3S/c1-10(2)15-12-4-6-16(9-12)8-11(3)13-14-5-7-17-13/h5,7,10-12,15H,4,6,8-9H2,1-3H3. The molecule has 96 valence electrons. The molecule has 1 aromatic heterocycles. The van der Waals surface area contributed by atoms with Gasteiger partial charge >= 0.3 is 0 Å². The number of likely N-dealkylation sites (tertiary alicyclic amines) is 1. The van der Waals surface area contributed by atoms with Gasteiger partial charge in [0.2, 0.25) is 0 Å². The summed E-state index contributed by atoms with van der Waals surface area (Å²) in [6.45, 7) is 10.3. The third kappa shape index (κ3) is 3.76. The largest absolute Gasteiger partial charge is 0.310 e. The molecule has 1 aliphatic heterocycles. The second kappa shape index (κ2) is 5.94. The summed E-state index contributed by atoms with van der Waals surface area (Å²) in [5.41, 5.74) is 0. The van der Waals surface area contributed by atoms with E-state index in [1.165, 1.54) is 24.5 Å². The van der Waals surface area contributed by atoms with Gasteiger partial charge in [0, 0.05) is 42.7 Å². The Morgan fingerprint density at radius 2 is 2.35 bits per heavy atom. The maximum absolute atomic E-state index is 4.40. The first-order chi connectivity index (χ1) is 8.15. The molecule has 2 rings (SSSR count). The summed E-state index contributed by atoms with van der Waals surface area (Å²) in [5.74, 6) is 0.563. The SMILES string of the molecule is CC(C)NC1CCN(CC(C)c2nccs2)C1. The van der Waals surface area contributed by atoms with Crippen molar-refractivity contribution in [1.82, 2.24) is 15.2 Å². The van der Waals surface area contributed by atoms with Gasteiger partial charge in [0.05, 0.1) is 5.01 Å². The van der Waals surface area contributed by atoms with Gasteiger partial charge in [-0.3, -0.25) is 0 Å². The lowest BCUT2D eigenvalue weighted by molar-refractivity contribution is 0.308. The predicted octanol–water partition coefficient (Wildman–Crippen LogP) is 2.32. The van der Waals surface area contributed by atoms with Gasteiger partial charge in [-0.1, -0.05) is 20.8 Å². The lowest BCUT2D eigenvalue weighted by Gasteiger charge is -2.20. The Bertz CT molecular complexity index is 323. The van der Waals surface area contributed by atoms with E-state index in [1.54, 1.807) is 11.3 Å². The van der Waals surface area contributed by atoms with Crippen molar-refractivity contribution in [2.45, 2.75) is 45.2 Å². The Hall–Kier alpha value is -0.450. The van der Waals surface area contributed by atoms with Gasteiger partial charge < -0.3 is 10.2 Å². The molecule has 1 fully saturated rings. The van der Waals surface area contributed by atoms with Crippen LogP contribution in [0.2, 0.25) is 0 Å². The molecule has 0 saturated carbocycles. The highest BCUT2D eigenvalue weighted by Gasteiger charge is 2.24. The van der Waals surface area contributed by atoms with Crippen molar-refractivity contribution in [3.05, 3.63) is 16.6 Å². The zero-order valence-electron chi connectivity index (χ0n) is 11.0. The Kier molecular flexibility index (Phi) is 4.54. The molecule has 0 radical (unpaired) electrons. The molecular weight excluding hydrogens is 230 g/mol. The van der Waals surface area contributed by atoms with Gasteiger partial charge in [-0.05, 0) is 13.0 Å². The topological polar surface area (TPSA) is 28.2 Å². The van der Waals surface area contributed by atoms with E-state index in [4.69, 9.17) is 0 Å². The average Bonchev–Trinajstić information content (AvgIpc) is 2.87. The van der Waals surface area contributed by atoms with E-state index in [-0.39, 0.29) is 0 Å². The maximum atomic E-state index is 4.40. The van der Waals surface area contributed by atoms with Gasteiger partial charge in [0.25, 0.3) is 0 Å². The van der Waals surface area contributed by atoms with Crippen molar-refractivity contribution < 1.29 is 0 Å². The quantitative estimate of drug-likeness (QED) is 0.873. The summed E-state index contributed by atoms with van der Waals surface area (Å²) in [4.78, 5) is 6.96. The molecule has 4 heteroatoms. The van der Waals surface area contributed by atoms with Crippen molar-refractivity contribution in [1.29, 1.82) is 0 Å². The molecule has 17 heavy (non-hydrogen) atoms. The van der Waals surface area contributed by atoms with Crippen molar-refractivity contribution in [3.63, 3.8) is 0 Å². The van der Waals surface area contributed by atoms with Crippen LogP contribution >= 0.6 is 11.3 Å². The summed E-state index contributed by atoms with van der Waals surface area (Å²) in [7, 11) is 0. The summed E-state index contributed by atoms with van der Waals surface area (Å²) < 4.78 is 0. The highest BCUT2D eigenvalue weighted by molar-refractivity contribution is 7.09. The van der Waals surface area contributed by atoms with Crippen molar-refractivity contribution in [2.24, 2.45) is 0 Å². The Morgan fingerprint density at radius 1 is 1.53 bits per heavy atom. The number of hydrogen-bond acceptors (Lipinski definition) is 4. The fraction of sp³-hybridized carbons (Fsp3) is 0.769. The highest BCUT2D eigenvalue weighted by Crippen LogP contribution is 2.21. The van der Waals surface area contributed by atoms with Crippen molar-refractivity contribution in [2.75, 3.05) is 19.6 Å². The van der Waals surface area contributed by atoms with Crippen LogP contribution in [0.5, 0.6) is 0 Å². The Labute approximate surface area is 108 Å². The van der Waals surface area contributed by atoms with Gasteiger partial charge in [-0.2, -0.15) is 0 Å². The van der Waals surface area contributed by atoms with Crippen LogP contribution in [0.1, 0.15) is 38.1 Å². The zero-order chi connectivity index (χ0) is 12.3. The molecule has 3 nitrogen and oxygen atoms in total. The molecule has 1 aliphatic rings. The summed E-state index contributed by atoms with van der Waals surface area (Å²) in [6, 6.07) is 1.27. The van der Waals surface area contributed by atoms with E-state index >= 15 is 0 Å². The fourth-order valence-corrected chi connectivity index (χ4v) is 3.24. The summed E-state index contributed by atoms with van der Waals surface area (Å²) in [6.07, 6.45) is 3.19. The number of nitrogens with zero attached hydrogens (tertiary/aromatic N) is 2. The minimum Gasteiger partial charge on any atom is -0.310 e. The Morgan fingerprint density at radius 3 is 3.00 bits per heavy atom. The second-order valence-electron chi connectivity index (χ2n) is 5.34. The number of aromatic nitrogens is 1. The molecule has 0 bridgehead atoms. The molecule has 2 atom stereocenters. The molecule has 0 amide bonds. The van der Waals surface area contributed by atoms with Crippen molar-refractivity contribution in [3.8, 4) is 0 Å². The highest BCUT2D eigenvalue weighted by atomic mass is 32.1. The third-order valence-electron chi connectivity index (χ3n) is 3.25. The average molecular weight is 253 g/mol. The number of thiazole rings is 1. The summed E-state index contributed by atoms with van der Waals surface area (Å²) >= 11 is 1.77. The maximum Gasteiger partial charge on any atom is 0.0965 e. The molecule has 1 saturated heterocycles. The molecule has 2 unspecified atom stereocenters. The molecular formula is C13H23N3S. The minimum absolute atomic E-state index is 0.563. The van der Waals surface area contributed by atoms with Gasteiger partial charge in [-0.25, -0.2) is 4.98 Å². The van der Waals surface area contributed by atoms with E-state index in [0.29, 0.717) is 18.0 Å². The number of hydrogen-bond donors (Lipinski definition) is 1. The summed E-state index contributed by atoms with van der Waals surface area (Å²) in [5, 5.41) is 6.96. The molecule has 1 N–H and O–H groups in total. The first-order valence-electron chi connectivity index (χ1n) is 6.53. The van der Waals surface area contributed by atoms with Gasteiger partial charge in [-0.15, -0.1) is 11.3 Å². The monoisotopic (exact) mass is 253 g/mol. The van der Waals surface area contributed by atoms with E-state index in [1.807, 2.05) is 6.20 Å². The molecule has 0 aromatic carbocycles. The van der Waals surface area contributed by atoms with Crippen LogP contribution in [0.3, 0.4) is 0 Å². The predicted molar refractivity (Wildman–Crippen MR) is 73.6 cm³/mol. The van der Waals surface area contributed by atoms with Crippen LogP contribution in [0, 0.1) is 0 Å². The van der Waals surface area contributed by atoms with Gasteiger partial charge in [0.15, 0.2) is 0 Å². The minimum atomic E-state index is 0.563. The zero-order valence-corrected chi connectivity index (χ0v) is 11.8. The fourth-order valence-electron chi connectivity index (χ4n) is 2.55. The van der Waals surface area contributed by atoms with E-state index in [0.717, 1.165) is 6.54 Å². The van der Waals surface area contributed by atoms with Crippen LogP contribution in [-0.4, -0.2) is 41.6 Å². The first-order valence-corrected chi connectivity index (χ1v) is 7.41. The number of rotatable bonds is 5. The van der Waals surface area contributed by atoms with E-state index in [2.05, 4.69) is 41.4 Å². The second-order valence-corrected chi connectivity index (χ2v) is 6.26. The lowest BCUT2D eigenvalue weighted by atomic mass is 10.2. The van der Waals surface area contributed by atoms with Crippen LogP contribution in [0.15, 0.2) is 11.6 Å². The molecule has 0 aliphatic carbocycles. The van der Waals surface area contributed by atoms with Crippen LogP contribution in [0.25, 0.3) is 0 Å². The lowest BCUT2D eigenvalue weighted by Crippen LogP contribution is -2.37. The third-order valence-corrected chi connectivity index (χ3v) is 4.25. The van der Waals surface area contributed by atoms with Crippen molar-refractivity contribution >= 4 is 11.3 Å². The first kappa shape index (κ1) is 13.0. The Balaban J connectivity index is 1.78. The van der Waals surface area contributed by atoms with E-state index < -0.39 is 0 Å². The van der Waals surface area contributed by atoms with Crippen LogP contribution in [-0.2, 0) is 0 Å². The molecule has 1 aromatic rings. The van der Waals surface area contributed by atoms with Crippen LogP contribution < -0.4 is 5.32 Å². The molecule has 0 spiro atoms. The number of nitrogens with one attached hydrogen (secondary N) is 1.